The zero-order chi connectivity index (χ0) is 19.1. The molecule has 25 heavy (non-hydrogen) atoms. The number of nitrogens with two attached hydrogens (primary N) is 1. The lowest BCUT2D eigenvalue weighted by molar-refractivity contribution is -0.161. The van der Waals surface area contributed by atoms with Crippen molar-refractivity contribution in [3.8, 4) is 0 Å². The second-order valence-corrected chi connectivity index (χ2v) is 5.24. The summed E-state index contributed by atoms with van der Waals surface area (Å²) >= 11 is 0. The first kappa shape index (κ1) is 20.1. The van der Waals surface area contributed by atoms with E-state index in [0.717, 1.165) is 26.4 Å². The average Bonchev–Trinajstić information content (AvgIpc) is 2.59. The standard InChI is InChI=1S/C16H19FN2O6/c1-8(11(15(22)24-2)16(23)25-3)12(13(18)20)19-14(21)9-4-6-10(17)7-5-9/h4-8,11-12H,1-3H3,(H2,18,20)(H,19,21)/t8-,12+/m1/s1. The number of rotatable bonds is 7. The highest BCUT2D eigenvalue weighted by Crippen LogP contribution is 2.20. The molecule has 136 valence electrons. The number of benzene rings is 1. The Balaban J connectivity index is 3.06. The number of carbonyl (C=O) groups is 4. The molecule has 0 aliphatic rings. The number of carbonyl (C=O) groups excluding carboxylic acids is 4. The van der Waals surface area contributed by atoms with Gasteiger partial charge in [0, 0.05) is 11.5 Å². The van der Waals surface area contributed by atoms with Gasteiger partial charge >= 0.3 is 11.9 Å². The number of halogens is 1. The maximum atomic E-state index is 12.9. The van der Waals surface area contributed by atoms with Gasteiger partial charge in [0.25, 0.3) is 5.91 Å². The van der Waals surface area contributed by atoms with Crippen molar-refractivity contribution in [3.63, 3.8) is 0 Å². The van der Waals surface area contributed by atoms with E-state index in [1.165, 1.54) is 19.1 Å². The minimum Gasteiger partial charge on any atom is -0.468 e. The van der Waals surface area contributed by atoms with Crippen LogP contribution in [0.25, 0.3) is 0 Å². The van der Waals surface area contributed by atoms with Crippen molar-refractivity contribution in [1.29, 1.82) is 0 Å². The van der Waals surface area contributed by atoms with E-state index in [1.54, 1.807) is 0 Å². The third-order valence-corrected chi connectivity index (χ3v) is 3.66. The first-order chi connectivity index (χ1) is 11.7. The summed E-state index contributed by atoms with van der Waals surface area (Å²) in [7, 11) is 2.14. The van der Waals surface area contributed by atoms with Crippen LogP contribution in [0.2, 0.25) is 0 Å². The lowest BCUT2D eigenvalue weighted by Gasteiger charge is -2.26. The Labute approximate surface area is 143 Å². The van der Waals surface area contributed by atoms with Gasteiger partial charge in [0.15, 0.2) is 5.92 Å². The Morgan fingerprint density at radius 2 is 1.52 bits per heavy atom. The molecule has 3 N–H and O–H groups in total. The zero-order valence-corrected chi connectivity index (χ0v) is 13.9. The van der Waals surface area contributed by atoms with Gasteiger partial charge in [-0.15, -0.1) is 0 Å². The second kappa shape index (κ2) is 8.76. The summed E-state index contributed by atoms with van der Waals surface area (Å²) in [5.41, 5.74) is 5.37. The Hall–Kier alpha value is -2.97. The fourth-order valence-electron chi connectivity index (χ4n) is 2.26. The Morgan fingerprint density at radius 1 is 1.04 bits per heavy atom. The molecular weight excluding hydrogens is 335 g/mol. The molecule has 0 heterocycles. The van der Waals surface area contributed by atoms with Crippen LogP contribution < -0.4 is 11.1 Å². The van der Waals surface area contributed by atoms with Crippen molar-refractivity contribution >= 4 is 23.8 Å². The molecule has 0 saturated carbocycles. The summed E-state index contributed by atoms with van der Waals surface area (Å²) in [6.45, 7) is 1.37. The van der Waals surface area contributed by atoms with Gasteiger partial charge in [0.05, 0.1) is 14.2 Å². The topological polar surface area (TPSA) is 125 Å². The van der Waals surface area contributed by atoms with Gasteiger partial charge < -0.3 is 20.5 Å². The number of primary amides is 1. The molecule has 0 unspecified atom stereocenters. The minimum atomic E-state index is -1.46. The smallest absolute Gasteiger partial charge is 0.320 e. The second-order valence-electron chi connectivity index (χ2n) is 5.24. The van der Waals surface area contributed by atoms with Gasteiger partial charge in [-0.3, -0.25) is 19.2 Å². The number of ether oxygens (including phenoxy) is 2. The predicted octanol–water partition coefficient (Wildman–Crippen LogP) is 0.00770. The zero-order valence-electron chi connectivity index (χ0n) is 13.9. The van der Waals surface area contributed by atoms with Crippen LogP contribution in [0.3, 0.4) is 0 Å². The molecule has 8 nitrogen and oxygen atoms in total. The molecule has 0 saturated heterocycles. The third-order valence-electron chi connectivity index (χ3n) is 3.66. The first-order valence-corrected chi connectivity index (χ1v) is 7.24. The molecule has 0 aliphatic heterocycles. The van der Waals surface area contributed by atoms with Gasteiger partial charge in [0.1, 0.15) is 11.9 Å². The highest BCUT2D eigenvalue weighted by molar-refractivity contribution is 5.99. The quantitative estimate of drug-likeness (QED) is 0.525. The Kier molecular flexibility index (Phi) is 7.04. The van der Waals surface area contributed by atoms with Crippen molar-refractivity contribution < 1.29 is 33.0 Å². The largest absolute Gasteiger partial charge is 0.468 e. The molecule has 9 heteroatoms. The van der Waals surface area contributed by atoms with Gasteiger partial charge in [-0.1, -0.05) is 6.92 Å². The van der Waals surface area contributed by atoms with Gasteiger partial charge in [-0.25, -0.2) is 4.39 Å². The predicted molar refractivity (Wildman–Crippen MR) is 83.5 cm³/mol. The highest BCUT2D eigenvalue weighted by atomic mass is 19.1. The monoisotopic (exact) mass is 354 g/mol. The lowest BCUT2D eigenvalue weighted by Crippen LogP contribution is -2.52. The SMILES string of the molecule is COC(=O)C(C(=O)OC)[C@@H](C)[C@H](NC(=O)c1ccc(F)cc1)C(N)=O. The molecule has 2 amide bonds. The van der Waals surface area contributed by atoms with E-state index in [2.05, 4.69) is 14.8 Å². The van der Waals surface area contributed by atoms with Crippen LogP contribution in [-0.2, 0) is 23.9 Å². The number of hydrogen-bond acceptors (Lipinski definition) is 6. The van der Waals surface area contributed by atoms with Crippen LogP contribution in [0.4, 0.5) is 4.39 Å². The van der Waals surface area contributed by atoms with Crippen LogP contribution in [-0.4, -0.2) is 44.0 Å². The van der Waals surface area contributed by atoms with Crippen molar-refractivity contribution in [2.45, 2.75) is 13.0 Å². The van der Waals surface area contributed by atoms with Crippen molar-refractivity contribution in [1.82, 2.24) is 5.32 Å². The van der Waals surface area contributed by atoms with E-state index in [1.807, 2.05) is 0 Å². The Bertz CT molecular complexity index is 645. The molecule has 0 aromatic heterocycles. The normalized spacial score (nSPS) is 12.8. The van der Waals surface area contributed by atoms with Gasteiger partial charge in [0.2, 0.25) is 5.91 Å². The van der Waals surface area contributed by atoms with Crippen LogP contribution >= 0.6 is 0 Å². The fourth-order valence-corrected chi connectivity index (χ4v) is 2.26. The van der Waals surface area contributed by atoms with E-state index in [9.17, 15) is 23.6 Å². The van der Waals surface area contributed by atoms with Gasteiger partial charge in [-0.2, -0.15) is 0 Å². The van der Waals surface area contributed by atoms with Crippen molar-refractivity contribution in [2.75, 3.05) is 14.2 Å². The van der Waals surface area contributed by atoms with Crippen molar-refractivity contribution in [2.24, 2.45) is 17.6 Å². The summed E-state index contributed by atoms with van der Waals surface area (Å²) in [5, 5.41) is 2.34. The molecule has 0 aliphatic carbocycles. The Morgan fingerprint density at radius 3 is 1.92 bits per heavy atom. The number of hydrogen-bond donors (Lipinski definition) is 2. The van der Waals surface area contributed by atoms with E-state index in [4.69, 9.17) is 5.73 Å². The molecule has 0 fully saturated rings. The van der Waals surface area contributed by atoms with Gasteiger partial charge in [-0.05, 0) is 24.3 Å². The first-order valence-electron chi connectivity index (χ1n) is 7.24. The van der Waals surface area contributed by atoms with Crippen LogP contribution in [0.15, 0.2) is 24.3 Å². The average molecular weight is 354 g/mol. The van der Waals surface area contributed by atoms with Crippen LogP contribution in [0, 0.1) is 17.7 Å². The molecule has 1 aromatic rings. The maximum absolute atomic E-state index is 12.9. The minimum absolute atomic E-state index is 0.0764. The van der Waals surface area contributed by atoms with E-state index in [0.29, 0.717) is 0 Å². The third kappa shape index (κ3) is 5.00. The highest BCUT2D eigenvalue weighted by Gasteiger charge is 2.41. The van der Waals surface area contributed by atoms with E-state index >= 15 is 0 Å². The van der Waals surface area contributed by atoms with E-state index < -0.39 is 47.4 Å². The summed E-state index contributed by atoms with van der Waals surface area (Å²) < 4.78 is 22.0. The van der Waals surface area contributed by atoms with E-state index in [-0.39, 0.29) is 5.56 Å². The fraction of sp³-hybridized carbons (Fsp3) is 0.375. The van der Waals surface area contributed by atoms with Crippen molar-refractivity contribution in [3.05, 3.63) is 35.6 Å². The summed E-state index contributed by atoms with van der Waals surface area (Å²) in [6.07, 6.45) is 0. The maximum Gasteiger partial charge on any atom is 0.320 e. The molecule has 0 bridgehead atoms. The molecule has 0 radical (unpaired) electrons. The van der Waals surface area contributed by atoms with Crippen LogP contribution in [0.1, 0.15) is 17.3 Å². The summed E-state index contributed by atoms with van der Waals surface area (Å²) in [6, 6.07) is 3.21. The molecule has 1 rings (SSSR count). The number of nitrogens with one attached hydrogen (secondary N) is 1. The number of methoxy groups -OCH3 is 2. The van der Waals surface area contributed by atoms with Crippen LogP contribution in [0.5, 0.6) is 0 Å². The molecule has 1 aromatic carbocycles. The lowest BCUT2D eigenvalue weighted by atomic mass is 9.86. The molecular formula is C16H19FN2O6. The molecule has 0 spiro atoms. The molecule has 2 atom stereocenters. The number of esters is 2. The summed E-state index contributed by atoms with van der Waals surface area (Å²) in [5.74, 6) is -6.57. The number of amides is 2. The summed E-state index contributed by atoms with van der Waals surface area (Å²) in [4.78, 5) is 47.6.